The van der Waals surface area contributed by atoms with Gasteiger partial charge in [0.25, 0.3) is 0 Å². The maximum atomic E-state index is 13.5. The van der Waals surface area contributed by atoms with Crippen molar-refractivity contribution in [2.45, 2.75) is 38.5 Å². The van der Waals surface area contributed by atoms with Crippen LogP contribution in [-0.2, 0) is 11.3 Å². The number of benzene rings is 2. The minimum absolute atomic E-state index is 0.0218. The van der Waals surface area contributed by atoms with Crippen molar-refractivity contribution in [3.8, 4) is 5.75 Å². The Labute approximate surface area is 189 Å². The van der Waals surface area contributed by atoms with E-state index in [0.29, 0.717) is 6.54 Å². The first-order valence-corrected chi connectivity index (χ1v) is 11.1. The zero-order chi connectivity index (χ0) is 21.7. The number of halogens is 1. The summed E-state index contributed by atoms with van der Waals surface area (Å²) in [6.07, 6.45) is 1.63. The lowest BCUT2D eigenvalue weighted by atomic mass is 9.81. The Morgan fingerprint density at radius 3 is 2.52 bits per heavy atom. The zero-order valence-corrected chi connectivity index (χ0v) is 18.9. The number of fused-ring (bicyclic) bond motifs is 1. The van der Waals surface area contributed by atoms with Crippen molar-refractivity contribution < 1.29 is 14.3 Å². The van der Waals surface area contributed by atoms with Crippen LogP contribution in [0, 0.1) is 19.8 Å². The number of nitrogens with zero attached hydrogens (tertiary/aromatic N) is 1. The van der Waals surface area contributed by atoms with E-state index in [0.717, 1.165) is 32.5 Å². The van der Waals surface area contributed by atoms with Crippen LogP contribution < -0.4 is 10.9 Å². The minimum atomic E-state index is -0.395. The molecule has 31 heavy (non-hydrogen) atoms. The van der Waals surface area contributed by atoms with E-state index in [1.807, 2.05) is 43.0 Å². The van der Waals surface area contributed by atoms with E-state index in [2.05, 4.69) is 45.0 Å². The smallest absolute Gasteiger partial charge is 0.242 e. The molecule has 7 heteroatoms. The standard InChI is InChI=1S/C24H24BrN3O3/c1-13-10-14(2)19(18(29)11-13)21-20-22(27-26-21)24(30)28(12-17-4-3-9-31-17)23(20)15-5-7-16(25)8-6-15/h3-11,20-23,26-27,29H,12H2,1-2H3. The molecule has 4 atom stereocenters. The first-order valence-electron chi connectivity index (χ1n) is 10.3. The Hall–Kier alpha value is -2.61. The molecule has 1 amide bonds. The number of nitrogens with one attached hydrogen (secondary N) is 2. The van der Waals surface area contributed by atoms with Gasteiger partial charge in [0.1, 0.15) is 17.6 Å². The van der Waals surface area contributed by atoms with Gasteiger partial charge in [0.15, 0.2) is 0 Å². The molecule has 4 unspecified atom stereocenters. The Morgan fingerprint density at radius 1 is 1.10 bits per heavy atom. The van der Waals surface area contributed by atoms with Gasteiger partial charge in [-0.3, -0.25) is 4.79 Å². The number of amides is 1. The lowest BCUT2D eigenvalue weighted by molar-refractivity contribution is -0.131. The molecule has 0 bridgehead atoms. The van der Waals surface area contributed by atoms with E-state index >= 15 is 0 Å². The summed E-state index contributed by atoms with van der Waals surface area (Å²) in [5.74, 6) is 0.919. The second kappa shape index (κ2) is 7.82. The Kier molecular flexibility index (Phi) is 5.12. The number of carbonyl (C=O) groups excluding carboxylic acids is 1. The highest BCUT2D eigenvalue weighted by Gasteiger charge is 2.56. The summed E-state index contributed by atoms with van der Waals surface area (Å²) in [7, 11) is 0. The fraction of sp³-hybridized carbons (Fsp3) is 0.292. The zero-order valence-electron chi connectivity index (χ0n) is 17.3. The molecule has 0 aliphatic carbocycles. The summed E-state index contributed by atoms with van der Waals surface area (Å²) in [6.45, 7) is 4.37. The number of furan rings is 1. The lowest BCUT2D eigenvalue weighted by Gasteiger charge is -2.31. The Balaban J connectivity index is 1.60. The lowest BCUT2D eigenvalue weighted by Crippen LogP contribution is -2.41. The fourth-order valence-electron chi connectivity index (χ4n) is 5.11. The monoisotopic (exact) mass is 481 g/mol. The number of likely N-dealkylation sites (tertiary alicyclic amines) is 1. The van der Waals surface area contributed by atoms with Crippen molar-refractivity contribution >= 4 is 21.8 Å². The van der Waals surface area contributed by atoms with Crippen molar-refractivity contribution in [2.24, 2.45) is 5.92 Å². The van der Waals surface area contributed by atoms with Gasteiger partial charge in [-0.05, 0) is 60.9 Å². The van der Waals surface area contributed by atoms with Crippen molar-refractivity contribution in [2.75, 3.05) is 0 Å². The van der Waals surface area contributed by atoms with E-state index in [1.165, 1.54) is 0 Å². The van der Waals surface area contributed by atoms with E-state index in [-0.39, 0.29) is 29.7 Å². The molecule has 2 aliphatic rings. The summed E-state index contributed by atoms with van der Waals surface area (Å²) in [6, 6.07) is 14.9. The van der Waals surface area contributed by atoms with Gasteiger partial charge in [-0.1, -0.05) is 34.1 Å². The van der Waals surface area contributed by atoms with Gasteiger partial charge >= 0.3 is 0 Å². The molecule has 160 valence electrons. The van der Waals surface area contributed by atoms with Crippen molar-refractivity contribution in [3.63, 3.8) is 0 Å². The van der Waals surface area contributed by atoms with Gasteiger partial charge in [-0.15, -0.1) is 0 Å². The number of phenolic OH excluding ortho intramolecular Hbond substituents is 1. The predicted octanol–water partition coefficient (Wildman–Crippen LogP) is 4.28. The maximum Gasteiger partial charge on any atom is 0.242 e. The average molecular weight is 482 g/mol. The molecule has 6 nitrogen and oxygen atoms in total. The van der Waals surface area contributed by atoms with E-state index < -0.39 is 6.04 Å². The second-order valence-corrected chi connectivity index (χ2v) is 9.29. The molecular weight excluding hydrogens is 458 g/mol. The summed E-state index contributed by atoms with van der Waals surface area (Å²) < 4.78 is 6.54. The number of hydrogen-bond donors (Lipinski definition) is 3. The van der Waals surface area contributed by atoms with Crippen molar-refractivity contribution in [3.05, 3.63) is 87.3 Å². The van der Waals surface area contributed by atoms with Gasteiger partial charge in [-0.25, -0.2) is 10.9 Å². The Morgan fingerprint density at radius 2 is 1.84 bits per heavy atom. The average Bonchev–Trinajstić information content (AvgIpc) is 3.43. The van der Waals surface area contributed by atoms with Gasteiger partial charge in [0.2, 0.25) is 5.91 Å². The fourth-order valence-corrected chi connectivity index (χ4v) is 5.38. The summed E-state index contributed by atoms with van der Waals surface area (Å²) in [4.78, 5) is 15.4. The molecule has 0 spiro atoms. The van der Waals surface area contributed by atoms with Crippen LogP contribution in [0.5, 0.6) is 5.75 Å². The minimum Gasteiger partial charge on any atom is -0.508 e. The molecule has 2 saturated heterocycles. The molecule has 2 aliphatic heterocycles. The second-order valence-electron chi connectivity index (χ2n) is 8.38. The number of rotatable bonds is 4. The maximum absolute atomic E-state index is 13.5. The molecular formula is C24H24BrN3O3. The third-order valence-corrected chi connectivity index (χ3v) is 6.88. The number of carbonyl (C=O) groups is 1. The number of aromatic hydroxyl groups is 1. The van der Waals surface area contributed by atoms with Gasteiger partial charge < -0.3 is 14.4 Å². The summed E-state index contributed by atoms with van der Waals surface area (Å²) in [5.41, 5.74) is 10.4. The highest BCUT2D eigenvalue weighted by Crippen LogP contribution is 2.49. The van der Waals surface area contributed by atoms with E-state index in [4.69, 9.17) is 4.42 Å². The van der Waals surface area contributed by atoms with Gasteiger partial charge in [0, 0.05) is 16.0 Å². The molecule has 1 aromatic heterocycles. The molecule has 5 rings (SSSR count). The largest absolute Gasteiger partial charge is 0.508 e. The molecule has 3 N–H and O–H groups in total. The van der Waals surface area contributed by atoms with Crippen LogP contribution in [-0.4, -0.2) is 22.0 Å². The molecule has 2 aromatic carbocycles. The van der Waals surface area contributed by atoms with Crippen LogP contribution in [0.4, 0.5) is 0 Å². The Bertz CT molecular complexity index is 1090. The number of hydrogen-bond acceptors (Lipinski definition) is 5. The summed E-state index contributed by atoms with van der Waals surface area (Å²) >= 11 is 3.51. The number of hydrazine groups is 1. The van der Waals surface area contributed by atoms with Crippen molar-refractivity contribution in [1.29, 1.82) is 0 Å². The van der Waals surface area contributed by atoms with E-state index in [1.54, 1.807) is 12.3 Å². The molecule has 0 radical (unpaired) electrons. The normalized spacial score (nSPS) is 25.3. The summed E-state index contributed by atoms with van der Waals surface area (Å²) in [5, 5.41) is 10.8. The quantitative estimate of drug-likeness (QED) is 0.518. The first kappa shape index (κ1) is 20.3. The molecule has 0 saturated carbocycles. The van der Waals surface area contributed by atoms with Crippen LogP contribution in [0.15, 0.2) is 63.7 Å². The predicted molar refractivity (Wildman–Crippen MR) is 120 cm³/mol. The first-order chi connectivity index (χ1) is 14.9. The van der Waals surface area contributed by atoms with Crippen LogP contribution in [0.3, 0.4) is 0 Å². The number of phenols is 1. The molecule has 3 aromatic rings. The molecule has 3 heterocycles. The third kappa shape index (κ3) is 3.46. The molecule has 2 fully saturated rings. The van der Waals surface area contributed by atoms with Gasteiger partial charge in [-0.2, -0.15) is 0 Å². The van der Waals surface area contributed by atoms with Crippen LogP contribution in [0.2, 0.25) is 0 Å². The third-order valence-electron chi connectivity index (χ3n) is 6.35. The van der Waals surface area contributed by atoms with Crippen LogP contribution in [0.1, 0.15) is 40.1 Å². The van der Waals surface area contributed by atoms with Crippen molar-refractivity contribution in [1.82, 2.24) is 15.8 Å². The van der Waals surface area contributed by atoms with Gasteiger partial charge in [0.05, 0.1) is 24.9 Å². The van der Waals surface area contributed by atoms with Crippen LogP contribution >= 0.6 is 15.9 Å². The SMILES string of the molecule is Cc1cc(C)c(C2NNC3C(=O)N(Cc4ccco4)C(c4ccc(Br)cc4)C32)c(O)c1. The highest BCUT2D eigenvalue weighted by molar-refractivity contribution is 9.10. The van der Waals surface area contributed by atoms with E-state index in [9.17, 15) is 9.90 Å². The van der Waals surface area contributed by atoms with Crippen LogP contribution in [0.25, 0.3) is 0 Å². The highest BCUT2D eigenvalue weighted by atomic mass is 79.9. The number of aryl methyl sites for hydroxylation is 2. The topological polar surface area (TPSA) is 77.7 Å².